The molecule has 4 aliphatic rings. The van der Waals surface area contributed by atoms with Crippen molar-refractivity contribution in [1.82, 2.24) is 0 Å². The number of allylic oxidation sites excluding steroid dienone is 8. The molecular formula is C26H38Cl2Zr. The van der Waals surface area contributed by atoms with E-state index in [9.17, 15) is 0 Å². The maximum atomic E-state index is 3.62. The van der Waals surface area contributed by atoms with Gasteiger partial charge in [0.05, 0.1) is 0 Å². The van der Waals surface area contributed by atoms with Crippen LogP contribution in [0.1, 0.15) is 92.9 Å². The van der Waals surface area contributed by atoms with E-state index in [1.54, 1.807) is 0 Å². The summed E-state index contributed by atoms with van der Waals surface area (Å²) in [5.41, 5.74) is 4.01. The molecular weight excluding hydrogens is 474 g/mol. The van der Waals surface area contributed by atoms with Gasteiger partial charge in [0.1, 0.15) is 0 Å². The summed E-state index contributed by atoms with van der Waals surface area (Å²) < 4.78 is 0. The van der Waals surface area contributed by atoms with Crippen molar-refractivity contribution in [2.24, 2.45) is 21.7 Å². The van der Waals surface area contributed by atoms with Crippen molar-refractivity contribution < 1.29 is 51.0 Å². The molecule has 0 heterocycles. The van der Waals surface area contributed by atoms with Crippen LogP contribution in [0.25, 0.3) is 0 Å². The Bertz CT molecular complexity index is 602. The molecule has 0 aromatic carbocycles. The summed E-state index contributed by atoms with van der Waals surface area (Å²) in [5, 5.41) is 0. The molecule has 4 rings (SSSR count). The molecule has 2 saturated carbocycles. The fourth-order valence-electron chi connectivity index (χ4n) is 5.62. The molecule has 3 heteroatoms. The molecule has 0 aromatic rings. The van der Waals surface area contributed by atoms with E-state index in [0.717, 1.165) is 0 Å². The molecule has 0 nitrogen and oxygen atoms in total. The van der Waals surface area contributed by atoms with Crippen molar-refractivity contribution in [3.05, 3.63) is 47.6 Å². The van der Waals surface area contributed by atoms with Crippen LogP contribution in [0.4, 0.5) is 0 Å². The van der Waals surface area contributed by atoms with E-state index < -0.39 is 0 Å². The zero-order valence-corrected chi connectivity index (χ0v) is 23.2. The number of hydrogen-bond acceptors (Lipinski definition) is 0. The molecule has 0 amide bonds. The first kappa shape index (κ1) is 29.4. The van der Waals surface area contributed by atoms with E-state index in [4.69, 9.17) is 0 Å². The van der Waals surface area contributed by atoms with Crippen LogP contribution < -0.4 is 24.8 Å². The molecule has 0 aliphatic heterocycles. The van der Waals surface area contributed by atoms with Gasteiger partial charge in [-0.1, -0.05) is 78.1 Å². The molecule has 0 N–H and O–H groups in total. The van der Waals surface area contributed by atoms with Crippen molar-refractivity contribution in [3.63, 3.8) is 0 Å². The SMILES string of the molecule is CC1=[C-]C(C)(C2(C)CCCC2)C=C1.CC1=[C-]C(C)(C2(C)CCCC2)C=C1.[Cl-].[Cl-].[Zr+4]. The van der Waals surface area contributed by atoms with Crippen LogP contribution in [0.15, 0.2) is 35.5 Å². The molecule has 2 fully saturated rings. The van der Waals surface area contributed by atoms with Gasteiger partial charge in [-0.3, -0.25) is 12.2 Å². The standard InChI is InChI=1S/2C13H19.2ClH.Zr/c2*1-11-6-9-13(3,10-11)12(2)7-4-5-8-12;;;/h2*6,9H,4-5,7-8H2,1-3H3;2*1H;/q2*-1;;;+4/p-2. The fraction of sp³-hybridized carbons (Fsp3) is 0.692. The maximum absolute atomic E-state index is 3.62. The number of rotatable bonds is 2. The Hall–Kier alpha value is 0.423. The van der Waals surface area contributed by atoms with Gasteiger partial charge in [-0.15, -0.1) is 0 Å². The minimum absolute atomic E-state index is 0. The van der Waals surface area contributed by atoms with Crippen LogP contribution in [0.5, 0.6) is 0 Å². The van der Waals surface area contributed by atoms with E-state index in [1.807, 2.05) is 0 Å². The Morgan fingerprint density at radius 3 is 1.10 bits per heavy atom. The van der Waals surface area contributed by atoms with Crippen LogP contribution in [-0.4, -0.2) is 0 Å². The van der Waals surface area contributed by atoms with Crippen LogP contribution in [-0.2, 0) is 26.2 Å². The van der Waals surface area contributed by atoms with E-state index in [1.165, 1.54) is 62.5 Å². The van der Waals surface area contributed by atoms with Crippen molar-refractivity contribution in [1.29, 1.82) is 0 Å². The van der Waals surface area contributed by atoms with Gasteiger partial charge in [0.2, 0.25) is 0 Å². The Kier molecular flexibility index (Phi) is 11.0. The molecule has 0 radical (unpaired) electrons. The fourth-order valence-corrected chi connectivity index (χ4v) is 5.62. The summed E-state index contributed by atoms with van der Waals surface area (Å²) >= 11 is 0. The van der Waals surface area contributed by atoms with Crippen molar-refractivity contribution >= 4 is 0 Å². The first-order valence-corrected chi connectivity index (χ1v) is 10.7. The van der Waals surface area contributed by atoms with Gasteiger partial charge < -0.3 is 24.8 Å². The summed E-state index contributed by atoms with van der Waals surface area (Å²) in [7, 11) is 0. The number of hydrogen-bond donors (Lipinski definition) is 0. The van der Waals surface area contributed by atoms with Gasteiger partial charge >= 0.3 is 26.2 Å². The van der Waals surface area contributed by atoms with Gasteiger partial charge in [-0.05, 0) is 36.5 Å². The minimum atomic E-state index is 0. The average Bonchev–Trinajstić information content (AvgIpc) is 3.33. The predicted octanol–water partition coefficient (Wildman–Crippen LogP) is 1.79. The van der Waals surface area contributed by atoms with E-state index >= 15 is 0 Å². The largest absolute Gasteiger partial charge is 4.00 e. The van der Waals surface area contributed by atoms with Gasteiger partial charge in [0, 0.05) is 0 Å². The van der Waals surface area contributed by atoms with E-state index in [-0.39, 0.29) is 61.8 Å². The number of halogens is 2. The molecule has 0 saturated heterocycles. The molecule has 2 atom stereocenters. The third kappa shape index (κ3) is 5.81. The van der Waals surface area contributed by atoms with E-state index in [0.29, 0.717) is 10.8 Å². The predicted molar refractivity (Wildman–Crippen MR) is 113 cm³/mol. The van der Waals surface area contributed by atoms with Crippen LogP contribution in [0, 0.1) is 33.8 Å². The van der Waals surface area contributed by atoms with Gasteiger partial charge in [-0.2, -0.15) is 12.2 Å². The quantitative estimate of drug-likeness (QED) is 0.495. The molecule has 4 aliphatic carbocycles. The topological polar surface area (TPSA) is 0 Å². The Balaban J connectivity index is 0.000000490. The molecule has 0 aromatic heterocycles. The summed E-state index contributed by atoms with van der Waals surface area (Å²) in [5.74, 6) is 0. The van der Waals surface area contributed by atoms with Crippen molar-refractivity contribution in [2.45, 2.75) is 92.9 Å². The summed E-state index contributed by atoms with van der Waals surface area (Å²) in [4.78, 5) is 0. The zero-order valence-electron chi connectivity index (χ0n) is 19.2. The minimum Gasteiger partial charge on any atom is -1.00 e. The average molecular weight is 513 g/mol. The summed E-state index contributed by atoms with van der Waals surface area (Å²) in [6, 6.07) is 0. The van der Waals surface area contributed by atoms with Crippen LogP contribution in [0.3, 0.4) is 0 Å². The van der Waals surface area contributed by atoms with Gasteiger partial charge in [0.25, 0.3) is 0 Å². The Labute approximate surface area is 212 Å². The second-order valence-corrected chi connectivity index (χ2v) is 10.2. The third-order valence-electron chi connectivity index (χ3n) is 8.17. The summed E-state index contributed by atoms with van der Waals surface area (Å²) in [6.07, 6.45) is 27.5. The maximum Gasteiger partial charge on any atom is 4.00 e. The summed E-state index contributed by atoms with van der Waals surface area (Å²) in [6.45, 7) is 13.8. The normalized spacial score (nSPS) is 32.9. The molecule has 29 heavy (non-hydrogen) atoms. The first-order valence-electron chi connectivity index (χ1n) is 10.7. The molecule has 0 spiro atoms. The molecule has 160 valence electrons. The van der Waals surface area contributed by atoms with E-state index in [2.05, 4.69) is 78.0 Å². The second kappa shape index (κ2) is 10.8. The molecule has 0 bridgehead atoms. The van der Waals surface area contributed by atoms with Crippen LogP contribution >= 0.6 is 0 Å². The monoisotopic (exact) mass is 510 g/mol. The third-order valence-corrected chi connectivity index (χ3v) is 8.17. The van der Waals surface area contributed by atoms with Crippen molar-refractivity contribution in [2.75, 3.05) is 0 Å². The smallest absolute Gasteiger partial charge is 1.00 e. The van der Waals surface area contributed by atoms with Gasteiger partial charge in [0.15, 0.2) is 0 Å². The Morgan fingerprint density at radius 2 is 0.897 bits per heavy atom. The van der Waals surface area contributed by atoms with Gasteiger partial charge in [-0.25, -0.2) is 23.3 Å². The molecule has 2 unspecified atom stereocenters. The Morgan fingerprint density at radius 1 is 0.621 bits per heavy atom. The van der Waals surface area contributed by atoms with Crippen LogP contribution in [0.2, 0.25) is 0 Å². The zero-order chi connectivity index (χ0) is 19.1. The first-order chi connectivity index (χ1) is 12.1. The second-order valence-electron chi connectivity index (χ2n) is 10.2. The van der Waals surface area contributed by atoms with Crippen molar-refractivity contribution in [3.8, 4) is 0 Å².